The summed E-state index contributed by atoms with van der Waals surface area (Å²) in [5.41, 5.74) is 7.56. The van der Waals surface area contributed by atoms with Crippen molar-refractivity contribution in [3.63, 3.8) is 0 Å². The summed E-state index contributed by atoms with van der Waals surface area (Å²) in [6, 6.07) is 10.3. The molecule has 0 unspecified atom stereocenters. The van der Waals surface area contributed by atoms with E-state index in [1.165, 1.54) is 6.07 Å². The Morgan fingerprint density at radius 1 is 1.33 bits per heavy atom. The van der Waals surface area contributed by atoms with Crippen LogP contribution in [0.4, 0.5) is 4.39 Å². The number of amidine groups is 1. The average Bonchev–Trinajstić information content (AvgIpc) is 2.52. The van der Waals surface area contributed by atoms with Gasteiger partial charge in [0.15, 0.2) is 5.84 Å². The van der Waals surface area contributed by atoms with Gasteiger partial charge in [0.1, 0.15) is 11.5 Å². The highest BCUT2D eigenvalue weighted by atomic mass is 19.1. The molecule has 0 saturated heterocycles. The smallest absolute Gasteiger partial charge is 0.188 e. The van der Waals surface area contributed by atoms with Crippen LogP contribution >= 0.6 is 0 Å². The molecule has 1 aromatic carbocycles. The van der Waals surface area contributed by atoms with Gasteiger partial charge in [0.25, 0.3) is 0 Å². The molecule has 1 heterocycles. The second-order valence-corrected chi connectivity index (χ2v) is 4.55. The molecule has 0 aliphatic rings. The minimum absolute atomic E-state index is 0.0248. The number of hydrogen-bond donors (Lipinski definition) is 3. The molecule has 0 spiro atoms. The van der Waals surface area contributed by atoms with Crippen molar-refractivity contribution in [2.24, 2.45) is 10.9 Å². The third-order valence-electron chi connectivity index (χ3n) is 3.05. The zero-order valence-electron chi connectivity index (χ0n) is 11.5. The van der Waals surface area contributed by atoms with Crippen LogP contribution in [0.25, 0.3) is 0 Å². The summed E-state index contributed by atoms with van der Waals surface area (Å²) in [4.78, 5) is 4.00. The monoisotopic (exact) mass is 288 g/mol. The second-order valence-electron chi connectivity index (χ2n) is 4.55. The summed E-state index contributed by atoms with van der Waals surface area (Å²) < 4.78 is 13.4. The zero-order valence-corrected chi connectivity index (χ0v) is 11.5. The lowest BCUT2D eigenvalue weighted by atomic mass is 10.1. The summed E-state index contributed by atoms with van der Waals surface area (Å²) in [5.74, 6) is -0.208. The van der Waals surface area contributed by atoms with Gasteiger partial charge in [0, 0.05) is 12.7 Å². The van der Waals surface area contributed by atoms with E-state index >= 15 is 0 Å². The molecular weight excluding hydrogens is 271 g/mol. The number of nitrogens with zero attached hydrogens (tertiary/aromatic N) is 2. The average molecular weight is 288 g/mol. The minimum Gasteiger partial charge on any atom is -0.409 e. The highest BCUT2D eigenvalue weighted by molar-refractivity contribution is 5.95. The van der Waals surface area contributed by atoms with E-state index in [0.29, 0.717) is 30.8 Å². The van der Waals surface area contributed by atoms with Crippen molar-refractivity contribution in [3.8, 4) is 0 Å². The lowest BCUT2D eigenvalue weighted by Gasteiger charge is -2.07. The van der Waals surface area contributed by atoms with Crippen molar-refractivity contribution < 1.29 is 9.60 Å². The Kier molecular flexibility index (Phi) is 5.22. The predicted molar refractivity (Wildman–Crippen MR) is 78.6 cm³/mol. The van der Waals surface area contributed by atoms with E-state index in [9.17, 15) is 4.39 Å². The molecule has 2 aromatic rings. The van der Waals surface area contributed by atoms with Gasteiger partial charge in [-0.15, -0.1) is 0 Å². The van der Waals surface area contributed by atoms with Gasteiger partial charge < -0.3 is 16.3 Å². The number of nitrogens with one attached hydrogen (secondary N) is 1. The van der Waals surface area contributed by atoms with Crippen LogP contribution < -0.4 is 11.1 Å². The number of nitrogens with two attached hydrogens (primary N) is 1. The Bertz CT molecular complexity index is 631. The standard InChI is InChI=1S/C15H17FN4O/c16-13-4-2-1-3-12(13)6-7-18-10-11-5-8-19-14(9-11)15(17)20-21/h1-5,8-9,18,21H,6-7,10H2,(H2,17,20). The van der Waals surface area contributed by atoms with Gasteiger partial charge in [-0.2, -0.15) is 0 Å². The third-order valence-corrected chi connectivity index (χ3v) is 3.05. The van der Waals surface area contributed by atoms with Crippen molar-refractivity contribution in [3.05, 3.63) is 65.2 Å². The van der Waals surface area contributed by atoms with Gasteiger partial charge in [-0.3, -0.25) is 4.98 Å². The number of halogens is 1. The first-order valence-corrected chi connectivity index (χ1v) is 6.57. The minimum atomic E-state index is -0.183. The number of aromatic nitrogens is 1. The fraction of sp³-hybridized carbons (Fsp3) is 0.200. The quantitative estimate of drug-likeness (QED) is 0.248. The first-order chi connectivity index (χ1) is 10.2. The molecule has 0 atom stereocenters. The van der Waals surface area contributed by atoms with Crippen molar-refractivity contribution in [1.82, 2.24) is 10.3 Å². The Morgan fingerprint density at radius 2 is 2.14 bits per heavy atom. The van der Waals surface area contributed by atoms with Gasteiger partial charge in [-0.05, 0) is 42.3 Å². The fourth-order valence-electron chi connectivity index (χ4n) is 1.93. The molecule has 4 N–H and O–H groups in total. The summed E-state index contributed by atoms with van der Waals surface area (Å²) in [6.45, 7) is 1.25. The molecule has 0 bridgehead atoms. The number of benzene rings is 1. The van der Waals surface area contributed by atoms with E-state index in [1.54, 1.807) is 24.4 Å². The number of hydrogen-bond acceptors (Lipinski definition) is 4. The Labute approximate surface area is 122 Å². The van der Waals surface area contributed by atoms with E-state index in [-0.39, 0.29) is 11.7 Å². The fourth-order valence-corrected chi connectivity index (χ4v) is 1.93. The normalized spacial score (nSPS) is 11.6. The molecule has 2 rings (SSSR count). The molecule has 110 valence electrons. The van der Waals surface area contributed by atoms with Gasteiger partial charge >= 0.3 is 0 Å². The Hall–Kier alpha value is -2.47. The number of pyridine rings is 1. The van der Waals surface area contributed by atoms with Gasteiger partial charge in [0.05, 0.1) is 0 Å². The van der Waals surface area contributed by atoms with E-state index in [2.05, 4.69) is 15.5 Å². The predicted octanol–water partition coefficient (Wildman–Crippen LogP) is 1.65. The lowest BCUT2D eigenvalue weighted by Crippen LogP contribution is -2.19. The Morgan fingerprint density at radius 3 is 2.90 bits per heavy atom. The van der Waals surface area contributed by atoms with Crippen LogP contribution in [0.15, 0.2) is 47.8 Å². The van der Waals surface area contributed by atoms with E-state index in [4.69, 9.17) is 10.9 Å². The van der Waals surface area contributed by atoms with Crippen LogP contribution in [-0.2, 0) is 13.0 Å². The molecular formula is C15H17FN4O. The van der Waals surface area contributed by atoms with Crippen molar-refractivity contribution in [2.75, 3.05) is 6.54 Å². The van der Waals surface area contributed by atoms with E-state index in [0.717, 1.165) is 5.56 Å². The van der Waals surface area contributed by atoms with Gasteiger partial charge in [0.2, 0.25) is 0 Å². The van der Waals surface area contributed by atoms with Gasteiger partial charge in [-0.1, -0.05) is 23.4 Å². The number of oxime groups is 1. The van der Waals surface area contributed by atoms with Crippen LogP contribution in [0, 0.1) is 5.82 Å². The molecule has 21 heavy (non-hydrogen) atoms. The summed E-state index contributed by atoms with van der Waals surface area (Å²) >= 11 is 0. The molecule has 1 aromatic heterocycles. The largest absolute Gasteiger partial charge is 0.409 e. The summed E-state index contributed by atoms with van der Waals surface area (Å²) in [5, 5.41) is 14.8. The lowest BCUT2D eigenvalue weighted by molar-refractivity contribution is 0.318. The molecule has 0 aliphatic carbocycles. The van der Waals surface area contributed by atoms with Crippen LogP contribution in [0.3, 0.4) is 0 Å². The highest BCUT2D eigenvalue weighted by Gasteiger charge is 2.03. The third kappa shape index (κ3) is 4.25. The van der Waals surface area contributed by atoms with Crippen LogP contribution in [0.5, 0.6) is 0 Å². The summed E-state index contributed by atoms with van der Waals surface area (Å²) in [6.07, 6.45) is 2.21. The van der Waals surface area contributed by atoms with Crippen LogP contribution in [0.1, 0.15) is 16.8 Å². The highest BCUT2D eigenvalue weighted by Crippen LogP contribution is 2.06. The maximum absolute atomic E-state index is 13.4. The van der Waals surface area contributed by atoms with Crippen molar-refractivity contribution in [1.29, 1.82) is 0 Å². The molecule has 5 nitrogen and oxygen atoms in total. The molecule has 0 fully saturated rings. The van der Waals surface area contributed by atoms with Crippen molar-refractivity contribution in [2.45, 2.75) is 13.0 Å². The first kappa shape index (κ1) is 14.9. The molecule has 0 aliphatic heterocycles. The topological polar surface area (TPSA) is 83.5 Å². The van der Waals surface area contributed by atoms with Crippen LogP contribution in [0.2, 0.25) is 0 Å². The van der Waals surface area contributed by atoms with E-state index in [1.807, 2.05) is 12.1 Å². The molecule has 0 amide bonds. The molecule has 0 radical (unpaired) electrons. The first-order valence-electron chi connectivity index (χ1n) is 6.57. The van der Waals surface area contributed by atoms with Crippen LogP contribution in [-0.4, -0.2) is 22.6 Å². The zero-order chi connectivity index (χ0) is 15.1. The Balaban J connectivity index is 1.85. The van der Waals surface area contributed by atoms with Crippen molar-refractivity contribution >= 4 is 5.84 Å². The molecule has 6 heteroatoms. The van der Waals surface area contributed by atoms with Gasteiger partial charge in [-0.25, -0.2) is 4.39 Å². The van der Waals surface area contributed by atoms with E-state index < -0.39 is 0 Å². The second kappa shape index (κ2) is 7.35. The SMILES string of the molecule is NC(=NO)c1cc(CNCCc2ccccc2F)ccn1. The maximum Gasteiger partial charge on any atom is 0.188 e. The maximum atomic E-state index is 13.4. The molecule has 0 saturated carbocycles. The number of rotatable bonds is 6. The summed E-state index contributed by atoms with van der Waals surface area (Å²) in [7, 11) is 0.